The van der Waals surface area contributed by atoms with E-state index in [1.54, 1.807) is 18.2 Å². The van der Waals surface area contributed by atoms with Gasteiger partial charge in [0.25, 0.3) is 0 Å². The number of hydrogen-bond acceptors (Lipinski definition) is 0. The predicted octanol–water partition coefficient (Wildman–Crippen LogP) is 4.33. The van der Waals surface area contributed by atoms with Crippen LogP contribution in [0.25, 0.3) is 0 Å². The average molecular weight is 339 g/mol. The van der Waals surface area contributed by atoms with Crippen molar-refractivity contribution >= 4 is 21.1 Å². The molecular weight excluding hydrogens is 332 g/mol. The van der Waals surface area contributed by atoms with Gasteiger partial charge in [-0.05, 0) is 0 Å². The minimum atomic E-state index is -5.15. The summed E-state index contributed by atoms with van der Waals surface area (Å²) in [5.74, 6) is -10.3. The van der Waals surface area contributed by atoms with Gasteiger partial charge in [0.2, 0.25) is 0 Å². The van der Waals surface area contributed by atoms with Gasteiger partial charge in [-0.25, -0.2) is 0 Å². The molecule has 1 aromatic rings. The molecule has 0 unspecified atom stereocenters. The molecule has 0 saturated carbocycles. The van der Waals surface area contributed by atoms with Gasteiger partial charge in [0.15, 0.2) is 0 Å². The summed E-state index contributed by atoms with van der Waals surface area (Å²) in [6, 6.07) is 7.90. The molecule has 0 aliphatic carbocycles. The second-order valence-electron chi connectivity index (χ2n) is 2.99. The second-order valence-corrected chi connectivity index (χ2v) is 9.38. The summed E-state index contributed by atoms with van der Waals surface area (Å²) in [5, 5.41) is -0.154. The molecule has 0 nitrogen and oxygen atoms in total. The second kappa shape index (κ2) is 5.59. The first-order chi connectivity index (χ1) is 7.71. The Morgan fingerprint density at radius 1 is 0.882 bits per heavy atom. The van der Waals surface area contributed by atoms with E-state index in [1.165, 1.54) is 12.1 Å². The van der Waals surface area contributed by atoms with E-state index in [0.29, 0.717) is 5.56 Å². The Kier molecular flexibility index (Phi) is 4.87. The van der Waals surface area contributed by atoms with Gasteiger partial charge in [-0.2, -0.15) is 0 Å². The van der Waals surface area contributed by atoms with E-state index in [-0.39, 0.29) is 5.32 Å². The molecule has 0 aliphatic heterocycles. The van der Waals surface area contributed by atoms with Crippen molar-refractivity contribution in [3.63, 3.8) is 0 Å². The van der Waals surface area contributed by atoms with E-state index in [2.05, 4.69) is 0 Å². The first-order valence-corrected chi connectivity index (χ1v) is 9.09. The summed E-state index contributed by atoms with van der Waals surface area (Å²) in [6.07, 6.45) is 0. The van der Waals surface area contributed by atoms with Crippen LogP contribution in [0, 0.1) is 0 Å². The Morgan fingerprint density at radius 3 is 1.76 bits per heavy atom. The molecule has 96 valence electrons. The Balaban J connectivity index is 2.70. The summed E-state index contributed by atoms with van der Waals surface area (Å²) < 4.78 is 73.5. The van der Waals surface area contributed by atoms with Crippen molar-refractivity contribution in [1.29, 1.82) is 0 Å². The summed E-state index contributed by atoms with van der Waals surface area (Å²) >= 11 is -1.52. The quantitative estimate of drug-likeness (QED) is 0.437. The van der Waals surface area contributed by atoms with E-state index < -0.39 is 33.0 Å². The molecular formula is C9H7F6PSe. The molecule has 0 spiro atoms. The van der Waals surface area contributed by atoms with E-state index in [1.807, 2.05) is 0 Å². The van der Waals surface area contributed by atoms with Crippen molar-refractivity contribution in [3.05, 3.63) is 35.9 Å². The van der Waals surface area contributed by atoms with Crippen molar-refractivity contribution in [1.82, 2.24) is 0 Å². The number of hydrogen-bond donors (Lipinski definition) is 0. The fourth-order valence-corrected chi connectivity index (χ4v) is 5.86. The van der Waals surface area contributed by atoms with E-state index in [4.69, 9.17) is 0 Å². The van der Waals surface area contributed by atoms with Crippen LogP contribution < -0.4 is 0 Å². The first kappa shape index (κ1) is 14.8. The van der Waals surface area contributed by atoms with Gasteiger partial charge in [-0.1, -0.05) is 0 Å². The molecule has 17 heavy (non-hydrogen) atoms. The third-order valence-electron chi connectivity index (χ3n) is 1.66. The normalized spacial score (nSPS) is 13.1. The Morgan fingerprint density at radius 2 is 1.35 bits per heavy atom. The van der Waals surface area contributed by atoms with Gasteiger partial charge in [0, 0.05) is 0 Å². The molecule has 8 heteroatoms. The molecule has 0 bridgehead atoms. The minimum absolute atomic E-state index is 0.154. The molecule has 0 amide bonds. The van der Waals surface area contributed by atoms with Crippen LogP contribution in [0.1, 0.15) is 5.56 Å². The van der Waals surface area contributed by atoms with Crippen molar-refractivity contribution in [2.45, 2.75) is 17.2 Å². The summed E-state index contributed by atoms with van der Waals surface area (Å²) in [7, 11) is 0. The van der Waals surface area contributed by atoms with Crippen LogP contribution in [0.3, 0.4) is 0 Å². The molecule has 0 N–H and O–H groups in total. The molecule has 0 heterocycles. The van der Waals surface area contributed by atoms with Crippen LogP contribution in [0.2, 0.25) is 0 Å². The van der Waals surface area contributed by atoms with Gasteiger partial charge in [-0.3, -0.25) is 0 Å². The zero-order valence-corrected chi connectivity index (χ0v) is 10.8. The van der Waals surface area contributed by atoms with Crippen LogP contribution >= 0.6 is 6.61 Å². The topological polar surface area (TPSA) is 0 Å². The van der Waals surface area contributed by atoms with Crippen LogP contribution in [-0.2, 0) is 5.32 Å². The molecule has 0 atom stereocenters. The predicted molar refractivity (Wildman–Crippen MR) is 54.9 cm³/mol. The molecule has 1 aromatic carbocycles. The number of rotatable bonds is 3. The van der Waals surface area contributed by atoms with Crippen molar-refractivity contribution in [2.24, 2.45) is 0 Å². The Hall–Kier alpha value is -0.251. The van der Waals surface area contributed by atoms with Crippen molar-refractivity contribution < 1.29 is 26.3 Å². The van der Waals surface area contributed by atoms with Crippen LogP contribution in [-0.4, -0.2) is 26.3 Å². The molecule has 0 aliphatic rings. The van der Waals surface area contributed by atoms with Crippen LogP contribution in [0.15, 0.2) is 30.3 Å². The summed E-state index contributed by atoms with van der Waals surface area (Å²) in [5.41, 5.74) is 0.508. The van der Waals surface area contributed by atoms with E-state index >= 15 is 0 Å². The standard InChI is InChI=1S/C9H7F6PSe/c10-8(11,12)16(9(13,14)15)17-6-7-4-2-1-3-5-7/h1-5H,6H2. The first-order valence-electron chi connectivity index (χ1n) is 4.32. The molecule has 0 radical (unpaired) electrons. The maximum atomic E-state index is 12.2. The van der Waals surface area contributed by atoms with Crippen molar-refractivity contribution in [2.75, 3.05) is 0 Å². The summed E-state index contributed by atoms with van der Waals surface area (Å²) in [4.78, 5) is 0. The average Bonchev–Trinajstić information content (AvgIpc) is 2.15. The Bertz CT molecular complexity index is 333. The van der Waals surface area contributed by atoms with Crippen LogP contribution in [0.4, 0.5) is 26.3 Å². The monoisotopic (exact) mass is 340 g/mol. The molecule has 0 fully saturated rings. The SMILES string of the molecule is FC(F)(F)P([Se]Cc1ccccc1)C(F)(F)F. The maximum absolute atomic E-state index is 12.2. The van der Waals surface area contributed by atoms with Gasteiger partial charge in [0.05, 0.1) is 0 Å². The van der Waals surface area contributed by atoms with E-state index in [0.717, 1.165) is 0 Å². The fourth-order valence-electron chi connectivity index (χ4n) is 1.00. The third kappa shape index (κ3) is 4.86. The van der Waals surface area contributed by atoms with Gasteiger partial charge in [0.1, 0.15) is 0 Å². The van der Waals surface area contributed by atoms with E-state index in [9.17, 15) is 26.3 Å². The van der Waals surface area contributed by atoms with Gasteiger partial charge < -0.3 is 0 Å². The Labute approximate surface area is 101 Å². The molecule has 1 rings (SSSR count). The zero-order chi connectivity index (χ0) is 13.1. The third-order valence-corrected chi connectivity index (χ3v) is 8.72. The summed E-state index contributed by atoms with van der Waals surface area (Å²) in [6.45, 7) is -3.90. The molecule has 0 saturated heterocycles. The van der Waals surface area contributed by atoms with Crippen molar-refractivity contribution in [3.8, 4) is 0 Å². The number of alkyl halides is 6. The fraction of sp³-hybridized carbons (Fsp3) is 0.333. The molecule has 0 aromatic heterocycles. The number of benzene rings is 1. The van der Waals surface area contributed by atoms with Gasteiger partial charge >= 0.3 is 101 Å². The van der Waals surface area contributed by atoms with Crippen LogP contribution in [0.5, 0.6) is 0 Å². The van der Waals surface area contributed by atoms with Gasteiger partial charge in [-0.15, -0.1) is 0 Å². The zero-order valence-electron chi connectivity index (χ0n) is 8.22. The number of halogens is 6.